The van der Waals surface area contributed by atoms with Crippen molar-refractivity contribution in [1.29, 1.82) is 0 Å². The maximum atomic E-state index is 12.8. The number of methoxy groups -OCH3 is 1. The van der Waals surface area contributed by atoms with E-state index in [9.17, 15) is 13.2 Å². The van der Waals surface area contributed by atoms with Gasteiger partial charge in [0.1, 0.15) is 39.1 Å². The third-order valence-corrected chi connectivity index (χ3v) is 5.51. The number of benzene rings is 1. The van der Waals surface area contributed by atoms with E-state index in [2.05, 4.69) is 30.5 Å². The molecule has 0 bridgehead atoms. The molecule has 4 rings (SSSR count). The molecule has 0 unspecified atom stereocenters. The van der Waals surface area contributed by atoms with Crippen molar-refractivity contribution in [1.82, 2.24) is 25.1 Å². The second-order valence-corrected chi connectivity index (χ2v) is 7.95. The highest BCUT2D eigenvalue weighted by molar-refractivity contribution is 7.14. The highest BCUT2D eigenvalue weighted by Crippen LogP contribution is 2.36. The van der Waals surface area contributed by atoms with Crippen LogP contribution in [-0.2, 0) is 6.18 Å². The van der Waals surface area contributed by atoms with Crippen LogP contribution >= 0.6 is 11.3 Å². The molecule has 0 radical (unpaired) electrons. The van der Waals surface area contributed by atoms with Crippen molar-refractivity contribution in [3.63, 3.8) is 0 Å². The van der Waals surface area contributed by atoms with Crippen molar-refractivity contribution in [2.24, 2.45) is 0 Å². The molecule has 160 valence electrons. The Morgan fingerprint density at radius 3 is 2.52 bits per heavy atom. The molecule has 1 N–H and O–H groups in total. The van der Waals surface area contributed by atoms with Gasteiger partial charge in [-0.3, -0.25) is 4.98 Å². The first kappa shape index (κ1) is 20.9. The Kier molecular flexibility index (Phi) is 5.44. The quantitative estimate of drug-likeness (QED) is 0.459. The molecule has 7 nitrogen and oxygen atoms in total. The maximum Gasteiger partial charge on any atom is 0.433 e. The molecule has 4 aromatic rings. The maximum absolute atomic E-state index is 12.8. The van der Waals surface area contributed by atoms with Gasteiger partial charge in [0, 0.05) is 17.1 Å². The summed E-state index contributed by atoms with van der Waals surface area (Å²) in [5.74, 6) is 1.06. The van der Waals surface area contributed by atoms with Crippen molar-refractivity contribution in [2.45, 2.75) is 26.1 Å². The van der Waals surface area contributed by atoms with Crippen LogP contribution in [-0.4, -0.2) is 32.3 Å². The smallest absolute Gasteiger partial charge is 0.433 e. The van der Waals surface area contributed by atoms with Crippen molar-refractivity contribution < 1.29 is 17.9 Å². The average Bonchev–Trinajstić information content (AvgIpc) is 3.19. The zero-order valence-electron chi connectivity index (χ0n) is 16.7. The number of ether oxygens (including phenoxy) is 1. The SMILES string of the molecule is COc1cc(-c2nnc(C)s2)cc2c(N[C@H](C)c3ccc(C(F)(F)F)nc3)ncnc12. The summed E-state index contributed by atoms with van der Waals surface area (Å²) in [7, 11) is 1.55. The van der Waals surface area contributed by atoms with E-state index in [1.54, 1.807) is 7.11 Å². The third-order valence-electron chi connectivity index (χ3n) is 4.63. The van der Waals surface area contributed by atoms with Crippen LogP contribution in [0.4, 0.5) is 19.0 Å². The summed E-state index contributed by atoms with van der Waals surface area (Å²) in [4.78, 5) is 12.2. The standard InChI is InChI=1S/C20H17F3N6OS/c1-10(12-4-5-16(24-8-12)20(21,22)23)27-18-14-6-13(19-29-28-11(2)31-19)7-15(30-3)17(14)25-9-26-18/h4-10H,1-3H3,(H,25,26,27)/t10-/m1/s1. The average molecular weight is 446 g/mol. The molecule has 1 aromatic carbocycles. The second kappa shape index (κ2) is 8.06. The molecule has 0 aliphatic carbocycles. The number of halogens is 3. The summed E-state index contributed by atoms with van der Waals surface area (Å²) < 4.78 is 43.8. The van der Waals surface area contributed by atoms with Gasteiger partial charge in [-0.15, -0.1) is 10.2 Å². The number of pyridine rings is 1. The molecule has 31 heavy (non-hydrogen) atoms. The lowest BCUT2D eigenvalue weighted by Crippen LogP contribution is -2.12. The minimum absolute atomic E-state index is 0.355. The van der Waals surface area contributed by atoms with Crippen LogP contribution in [0.5, 0.6) is 5.75 Å². The Balaban J connectivity index is 1.71. The number of hydrogen-bond donors (Lipinski definition) is 1. The van der Waals surface area contributed by atoms with Gasteiger partial charge in [0.05, 0.1) is 13.2 Å². The van der Waals surface area contributed by atoms with Crippen LogP contribution in [0.2, 0.25) is 0 Å². The number of aromatic nitrogens is 5. The van der Waals surface area contributed by atoms with Gasteiger partial charge in [-0.25, -0.2) is 9.97 Å². The summed E-state index contributed by atoms with van der Waals surface area (Å²) >= 11 is 1.45. The number of rotatable bonds is 5. The predicted molar refractivity (Wildman–Crippen MR) is 111 cm³/mol. The van der Waals surface area contributed by atoms with E-state index < -0.39 is 11.9 Å². The fourth-order valence-corrected chi connectivity index (χ4v) is 3.74. The highest BCUT2D eigenvalue weighted by atomic mass is 32.1. The fraction of sp³-hybridized carbons (Fsp3) is 0.250. The van der Waals surface area contributed by atoms with Crippen molar-refractivity contribution in [3.05, 3.63) is 53.1 Å². The minimum atomic E-state index is -4.48. The fourth-order valence-electron chi connectivity index (χ4n) is 3.06. The molecule has 3 heterocycles. The lowest BCUT2D eigenvalue weighted by atomic mass is 10.1. The van der Waals surface area contributed by atoms with E-state index in [0.29, 0.717) is 28.0 Å². The van der Waals surface area contributed by atoms with E-state index in [0.717, 1.165) is 21.6 Å². The predicted octanol–water partition coefficient (Wildman–Crippen LogP) is 5.05. The number of aryl methyl sites for hydroxylation is 1. The van der Waals surface area contributed by atoms with Gasteiger partial charge in [0.15, 0.2) is 0 Å². The zero-order chi connectivity index (χ0) is 22.2. The molecule has 0 amide bonds. The number of nitrogens with one attached hydrogen (secondary N) is 1. The lowest BCUT2D eigenvalue weighted by molar-refractivity contribution is -0.141. The van der Waals surface area contributed by atoms with Crippen LogP contribution in [0, 0.1) is 6.92 Å². The number of anilines is 1. The number of fused-ring (bicyclic) bond motifs is 1. The highest BCUT2D eigenvalue weighted by Gasteiger charge is 2.32. The molecule has 3 aromatic heterocycles. The number of nitrogens with zero attached hydrogens (tertiary/aromatic N) is 5. The second-order valence-electron chi connectivity index (χ2n) is 6.76. The molecule has 11 heteroatoms. The van der Waals surface area contributed by atoms with E-state index in [-0.39, 0.29) is 6.04 Å². The summed E-state index contributed by atoms with van der Waals surface area (Å²) in [6, 6.07) is 5.73. The molecular formula is C20H17F3N6OS. The van der Waals surface area contributed by atoms with Crippen LogP contribution in [0.3, 0.4) is 0 Å². The first-order valence-corrected chi connectivity index (χ1v) is 10.0. The molecule has 0 spiro atoms. The van der Waals surface area contributed by atoms with Crippen LogP contribution in [0.1, 0.15) is 29.2 Å². The van der Waals surface area contributed by atoms with Crippen molar-refractivity contribution in [3.8, 4) is 16.3 Å². The summed E-state index contributed by atoms with van der Waals surface area (Å²) in [5.41, 5.74) is 1.06. The van der Waals surface area contributed by atoms with Gasteiger partial charge in [0.25, 0.3) is 0 Å². The topological polar surface area (TPSA) is 85.7 Å². The zero-order valence-corrected chi connectivity index (χ0v) is 17.5. The molecule has 0 fully saturated rings. The third kappa shape index (κ3) is 4.26. The molecule has 0 saturated carbocycles. The molecular weight excluding hydrogens is 429 g/mol. The van der Waals surface area contributed by atoms with Crippen molar-refractivity contribution in [2.75, 3.05) is 12.4 Å². The first-order chi connectivity index (χ1) is 14.8. The molecule has 1 atom stereocenters. The Labute approximate surface area is 179 Å². The van der Waals surface area contributed by atoms with E-state index >= 15 is 0 Å². The van der Waals surface area contributed by atoms with Gasteiger partial charge in [-0.1, -0.05) is 17.4 Å². The van der Waals surface area contributed by atoms with Crippen LogP contribution in [0.25, 0.3) is 21.5 Å². The molecule has 0 saturated heterocycles. The van der Waals surface area contributed by atoms with E-state index in [4.69, 9.17) is 4.74 Å². The van der Waals surface area contributed by atoms with E-state index in [1.165, 1.54) is 29.9 Å². The Bertz CT molecular complexity index is 1230. The van der Waals surface area contributed by atoms with Crippen LogP contribution in [0.15, 0.2) is 36.8 Å². The summed E-state index contributed by atoms with van der Waals surface area (Å²) in [6.07, 6.45) is -1.87. The van der Waals surface area contributed by atoms with Gasteiger partial charge in [0.2, 0.25) is 0 Å². The summed E-state index contributed by atoms with van der Waals surface area (Å²) in [5, 5.41) is 13.7. The summed E-state index contributed by atoms with van der Waals surface area (Å²) in [6.45, 7) is 3.68. The first-order valence-electron chi connectivity index (χ1n) is 9.19. The number of hydrogen-bond acceptors (Lipinski definition) is 8. The Morgan fingerprint density at radius 1 is 1.10 bits per heavy atom. The molecule has 0 aliphatic heterocycles. The van der Waals surface area contributed by atoms with Crippen molar-refractivity contribution >= 4 is 28.1 Å². The minimum Gasteiger partial charge on any atom is -0.494 e. The Hall–Kier alpha value is -3.34. The van der Waals surface area contributed by atoms with Crippen LogP contribution < -0.4 is 10.1 Å². The largest absolute Gasteiger partial charge is 0.494 e. The van der Waals surface area contributed by atoms with Gasteiger partial charge in [-0.05, 0) is 37.6 Å². The molecule has 0 aliphatic rings. The lowest BCUT2D eigenvalue weighted by Gasteiger charge is -2.17. The van der Waals surface area contributed by atoms with Gasteiger partial charge >= 0.3 is 6.18 Å². The normalized spacial score (nSPS) is 12.7. The monoisotopic (exact) mass is 446 g/mol. The van der Waals surface area contributed by atoms with E-state index in [1.807, 2.05) is 26.0 Å². The number of alkyl halides is 3. The van der Waals surface area contributed by atoms with Gasteiger partial charge < -0.3 is 10.1 Å². The Morgan fingerprint density at radius 2 is 1.90 bits per heavy atom. The van der Waals surface area contributed by atoms with Gasteiger partial charge in [-0.2, -0.15) is 13.2 Å².